The Balaban J connectivity index is 4.49. The van der Waals surface area contributed by atoms with E-state index in [1.54, 1.807) is 0 Å². The summed E-state index contributed by atoms with van der Waals surface area (Å²) in [5.41, 5.74) is 6.27. The van der Waals surface area contributed by atoms with Crippen LogP contribution < -0.4 is 5.73 Å². The second kappa shape index (κ2) is 4.80. The quantitative estimate of drug-likeness (QED) is 0.606. The van der Waals surface area contributed by atoms with E-state index in [0.717, 1.165) is 6.42 Å². The molecule has 1 nitrogen and oxygen atoms in total. The molecule has 2 N–H and O–H groups in total. The summed E-state index contributed by atoms with van der Waals surface area (Å²) in [6.45, 7) is 8.83. The highest BCUT2D eigenvalue weighted by Crippen LogP contribution is 2.39. The Morgan fingerprint density at radius 2 is 1.67 bits per heavy atom. The SMILES string of the molecule is CCCC(I)(CC)C(C)(N)CC. The van der Waals surface area contributed by atoms with E-state index < -0.39 is 0 Å². The first-order valence-electron chi connectivity index (χ1n) is 4.91. The van der Waals surface area contributed by atoms with Gasteiger partial charge in [-0.1, -0.05) is 49.8 Å². The van der Waals surface area contributed by atoms with E-state index in [4.69, 9.17) is 5.73 Å². The molecule has 0 saturated heterocycles. The number of hydrogen-bond donors (Lipinski definition) is 1. The van der Waals surface area contributed by atoms with Crippen LogP contribution in [0.5, 0.6) is 0 Å². The van der Waals surface area contributed by atoms with Crippen LogP contribution in [0.15, 0.2) is 0 Å². The maximum Gasteiger partial charge on any atom is 0.0396 e. The average Bonchev–Trinajstić information content (AvgIpc) is 2.04. The minimum atomic E-state index is -0.0156. The Bertz CT molecular complexity index is 134. The van der Waals surface area contributed by atoms with Gasteiger partial charge in [-0.2, -0.15) is 0 Å². The smallest absolute Gasteiger partial charge is 0.0396 e. The van der Waals surface area contributed by atoms with Crippen LogP contribution in [0.3, 0.4) is 0 Å². The van der Waals surface area contributed by atoms with E-state index in [1.807, 2.05) is 0 Å². The zero-order valence-corrected chi connectivity index (χ0v) is 10.9. The van der Waals surface area contributed by atoms with Gasteiger partial charge in [-0.05, 0) is 26.2 Å². The molecule has 0 heterocycles. The van der Waals surface area contributed by atoms with E-state index in [9.17, 15) is 0 Å². The zero-order chi connectivity index (χ0) is 9.83. The van der Waals surface area contributed by atoms with Gasteiger partial charge in [-0.15, -0.1) is 0 Å². The fraction of sp³-hybridized carbons (Fsp3) is 1.00. The highest BCUT2D eigenvalue weighted by atomic mass is 127. The first-order chi connectivity index (χ1) is 5.43. The molecule has 0 bridgehead atoms. The van der Waals surface area contributed by atoms with Gasteiger partial charge in [0.05, 0.1) is 0 Å². The lowest BCUT2D eigenvalue weighted by Gasteiger charge is -2.41. The molecule has 0 spiro atoms. The molecule has 2 atom stereocenters. The number of hydrogen-bond acceptors (Lipinski definition) is 1. The summed E-state index contributed by atoms with van der Waals surface area (Å²) in [5.74, 6) is 0. The van der Waals surface area contributed by atoms with E-state index >= 15 is 0 Å². The van der Waals surface area contributed by atoms with Crippen LogP contribution in [-0.4, -0.2) is 8.96 Å². The van der Waals surface area contributed by atoms with Crippen molar-refractivity contribution in [1.29, 1.82) is 0 Å². The third-order valence-electron chi connectivity index (χ3n) is 2.96. The molecular formula is C10H22IN. The molecule has 2 heteroatoms. The predicted molar refractivity (Wildman–Crippen MR) is 64.8 cm³/mol. The third-order valence-corrected chi connectivity index (χ3v) is 5.50. The fourth-order valence-electron chi connectivity index (χ4n) is 1.58. The van der Waals surface area contributed by atoms with Crippen molar-refractivity contribution < 1.29 is 0 Å². The second-order valence-electron chi connectivity index (χ2n) is 3.84. The van der Waals surface area contributed by atoms with Gasteiger partial charge in [-0.25, -0.2) is 0 Å². The molecule has 2 unspecified atom stereocenters. The van der Waals surface area contributed by atoms with Crippen LogP contribution in [-0.2, 0) is 0 Å². The minimum absolute atomic E-state index is 0.0156. The number of rotatable bonds is 5. The molecule has 0 saturated carbocycles. The van der Waals surface area contributed by atoms with E-state index in [1.165, 1.54) is 19.3 Å². The molecule has 0 aromatic carbocycles. The summed E-state index contributed by atoms with van der Waals surface area (Å²) in [4.78, 5) is 0. The molecule has 0 aliphatic rings. The predicted octanol–water partition coefficient (Wildman–Crippen LogP) is 3.50. The van der Waals surface area contributed by atoms with Crippen LogP contribution in [0.25, 0.3) is 0 Å². The maximum atomic E-state index is 6.28. The van der Waals surface area contributed by atoms with Gasteiger partial charge < -0.3 is 5.73 Å². The Morgan fingerprint density at radius 3 is 1.92 bits per heavy atom. The molecule has 0 aromatic heterocycles. The van der Waals surface area contributed by atoms with E-state index in [-0.39, 0.29) is 8.96 Å². The van der Waals surface area contributed by atoms with Gasteiger partial charge in [0.2, 0.25) is 0 Å². The Labute approximate surface area is 90.6 Å². The van der Waals surface area contributed by atoms with Gasteiger partial charge in [-0.3, -0.25) is 0 Å². The molecule has 12 heavy (non-hydrogen) atoms. The van der Waals surface area contributed by atoms with Gasteiger partial charge in [0.1, 0.15) is 0 Å². The number of halogens is 1. The van der Waals surface area contributed by atoms with Crippen LogP contribution >= 0.6 is 22.6 Å². The van der Waals surface area contributed by atoms with Crippen LogP contribution in [0, 0.1) is 0 Å². The maximum absolute atomic E-state index is 6.28. The first-order valence-corrected chi connectivity index (χ1v) is 5.99. The Hall–Kier alpha value is 0.690. The van der Waals surface area contributed by atoms with Crippen LogP contribution in [0.1, 0.15) is 53.4 Å². The lowest BCUT2D eigenvalue weighted by atomic mass is 9.79. The number of alkyl halides is 1. The van der Waals surface area contributed by atoms with Crippen LogP contribution in [0.2, 0.25) is 0 Å². The van der Waals surface area contributed by atoms with Crippen molar-refractivity contribution in [2.75, 3.05) is 0 Å². The van der Waals surface area contributed by atoms with Crippen molar-refractivity contribution >= 4 is 22.6 Å². The summed E-state index contributed by atoms with van der Waals surface area (Å²) in [6.07, 6.45) is 4.68. The molecule has 0 aliphatic carbocycles. The zero-order valence-electron chi connectivity index (χ0n) is 8.78. The molecule has 0 rings (SSSR count). The molecule has 0 aromatic rings. The van der Waals surface area contributed by atoms with Gasteiger partial charge in [0.25, 0.3) is 0 Å². The fourth-order valence-corrected chi connectivity index (χ4v) is 2.50. The minimum Gasteiger partial charge on any atom is -0.324 e. The molecular weight excluding hydrogens is 261 g/mol. The molecule has 0 amide bonds. The first kappa shape index (κ1) is 12.7. The Kier molecular flexibility index (Phi) is 5.07. The molecule has 74 valence electrons. The number of nitrogens with two attached hydrogens (primary N) is 1. The van der Waals surface area contributed by atoms with E-state index in [0.29, 0.717) is 0 Å². The topological polar surface area (TPSA) is 26.0 Å². The second-order valence-corrected chi connectivity index (χ2v) is 5.90. The van der Waals surface area contributed by atoms with Crippen LogP contribution in [0.4, 0.5) is 0 Å². The summed E-state index contributed by atoms with van der Waals surface area (Å²) < 4.78 is 0.286. The van der Waals surface area contributed by atoms with E-state index in [2.05, 4.69) is 50.3 Å². The summed E-state index contributed by atoms with van der Waals surface area (Å²) in [6, 6.07) is 0. The highest BCUT2D eigenvalue weighted by molar-refractivity contribution is 14.1. The monoisotopic (exact) mass is 283 g/mol. The highest BCUT2D eigenvalue weighted by Gasteiger charge is 2.39. The summed E-state index contributed by atoms with van der Waals surface area (Å²) in [7, 11) is 0. The summed E-state index contributed by atoms with van der Waals surface area (Å²) >= 11 is 2.56. The van der Waals surface area contributed by atoms with Gasteiger partial charge >= 0.3 is 0 Å². The largest absolute Gasteiger partial charge is 0.324 e. The van der Waals surface area contributed by atoms with Crippen molar-refractivity contribution in [3.63, 3.8) is 0 Å². The lowest BCUT2D eigenvalue weighted by Crippen LogP contribution is -2.53. The van der Waals surface area contributed by atoms with Gasteiger partial charge in [0.15, 0.2) is 0 Å². The molecule has 0 aliphatic heterocycles. The lowest BCUT2D eigenvalue weighted by molar-refractivity contribution is 0.315. The van der Waals surface area contributed by atoms with Crippen molar-refractivity contribution in [3.05, 3.63) is 0 Å². The normalized spacial score (nSPS) is 21.5. The molecule has 0 fully saturated rings. The van der Waals surface area contributed by atoms with Crippen molar-refractivity contribution in [2.24, 2.45) is 5.73 Å². The molecule has 0 radical (unpaired) electrons. The van der Waals surface area contributed by atoms with Crippen molar-refractivity contribution in [2.45, 2.75) is 62.3 Å². The standard InChI is InChI=1S/C10H22IN/c1-5-8-10(11,7-3)9(4,12)6-2/h5-8,12H2,1-4H3. The van der Waals surface area contributed by atoms with Gasteiger partial charge in [0, 0.05) is 8.96 Å². The summed E-state index contributed by atoms with van der Waals surface area (Å²) in [5, 5.41) is 0. The average molecular weight is 283 g/mol. The third kappa shape index (κ3) is 2.59. The Morgan fingerprint density at radius 1 is 1.17 bits per heavy atom. The van der Waals surface area contributed by atoms with Crippen molar-refractivity contribution in [1.82, 2.24) is 0 Å². The van der Waals surface area contributed by atoms with Crippen molar-refractivity contribution in [3.8, 4) is 0 Å².